The molecule has 2 rings (SSSR count). The molecule has 1 unspecified atom stereocenters. The number of benzene rings is 1. The average Bonchev–Trinajstić information content (AvgIpc) is 2.74. The summed E-state index contributed by atoms with van der Waals surface area (Å²) in [5.41, 5.74) is 0.785. The number of likely N-dealkylation sites (N-methyl/N-ethyl adjacent to an activating group) is 1. The van der Waals surface area contributed by atoms with Crippen LogP contribution in [0, 0.1) is 0 Å². The van der Waals surface area contributed by atoms with Crippen molar-refractivity contribution >= 4 is 11.7 Å². The Morgan fingerprint density at radius 2 is 2.22 bits per heavy atom. The molecule has 18 heavy (non-hydrogen) atoms. The monoisotopic (exact) mass is 250 g/mol. The molecular formula is C13H18N2O3. The van der Waals surface area contributed by atoms with Gasteiger partial charge in [-0.15, -0.1) is 0 Å². The number of ether oxygens (including phenoxy) is 1. The number of phenols is 1. The lowest BCUT2D eigenvalue weighted by Gasteiger charge is -2.13. The van der Waals surface area contributed by atoms with Gasteiger partial charge in [0.15, 0.2) is 0 Å². The molecule has 1 aromatic rings. The summed E-state index contributed by atoms with van der Waals surface area (Å²) < 4.78 is 5.33. The number of hydrogen-bond acceptors (Lipinski definition) is 5. The van der Waals surface area contributed by atoms with Gasteiger partial charge in [-0.25, -0.2) is 0 Å². The highest BCUT2D eigenvalue weighted by Gasteiger charge is 2.22. The van der Waals surface area contributed by atoms with Crippen molar-refractivity contribution in [1.29, 1.82) is 0 Å². The highest BCUT2D eigenvalue weighted by molar-refractivity contribution is 5.75. The summed E-state index contributed by atoms with van der Waals surface area (Å²) in [6, 6.07) is 6.57. The lowest BCUT2D eigenvalue weighted by Crippen LogP contribution is -2.25. The summed E-state index contributed by atoms with van der Waals surface area (Å²) in [7, 11) is 2.02. The molecule has 1 heterocycles. The minimum Gasteiger partial charge on any atom is -0.508 e. The maximum absolute atomic E-state index is 11.6. The van der Waals surface area contributed by atoms with Crippen LogP contribution in [0.25, 0.3) is 0 Å². The zero-order chi connectivity index (χ0) is 13.0. The molecule has 1 fully saturated rings. The zero-order valence-electron chi connectivity index (χ0n) is 10.4. The highest BCUT2D eigenvalue weighted by Crippen LogP contribution is 2.14. The molecule has 98 valence electrons. The van der Waals surface area contributed by atoms with E-state index in [1.54, 1.807) is 24.3 Å². The van der Waals surface area contributed by atoms with E-state index in [1.165, 1.54) is 0 Å². The summed E-state index contributed by atoms with van der Waals surface area (Å²) in [6.45, 7) is 1.93. The molecule has 0 spiro atoms. The standard InChI is InChI=1S/C13H18N2O3/c1-15-7-6-12(9-15)18-13(17)8-14-10-2-4-11(16)5-3-10/h2-5,12,14,16H,6-9H2,1H3. The van der Waals surface area contributed by atoms with Crippen molar-refractivity contribution < 1.29 is 14.6 Å². The van der Waals surface area contributed by atoms with E-state index in [9.17, 15) is 4.79 Å². The molecule has 1 saturated heterocycles. The van der Waals surface area contributed by atoms with Gasteiger partial charge >= 0.3 is 5.97 Å². The van der Waals surface area contributed by atoms with Crippen LogP contribution < -0.4 is 5.32 Å². The molecule has 1 atom stereocenters. The summed E-state index contributed by atoms with van der Waals surface area (Å²) >= 11 is 0. The number of rotatable bonds is 4. The van der Waals surface area contributed by atoms with Crippen molar-refractivity contribution in [3.05, 3.63) is 24.3 Å². The Kier molecular flexibility index (Phi) is 4.04. The van der Waals surface area contributed by atoms with Crippen molar-refractivity contribution in [2.45, 2.75) is 12.5 Å². The number of anilines is 1. The van der Waals surface area contributed by atoms with Crippen LogP contribution >= 0.6 is 0 Å². The van der Waals surface area contributed by atoms with Gasteiger partial charge in [-0.1, -0.05) is 0 Å². The first-order valence-corrected chi connectivity index (χ1v) is 6.04. The van der Waals surface area contributed by atoms with Gasteiger partial charge in [-0.2, -0.15) is 0 Å². The molecule has 2 N–H and O–H groups in total. The number of likely N-dealkylation sites (tertiary alicyclic amines) is 1. The molecule has 5 heteroatoms. The highest BCUT2D eigenvalue weighted by atomic mass is 16.5. The number of esters is 1. The molecule has 0 bridgehead atoms. The van der Waals surface area contributed by atoms with E-state index < -0.39 is 0 Å². The van der Waals surface area contributed by atoms with Crippen molar-refractivity contribution in [1.82, 2.24) is 4.90 Å². The van der Waals surface area contributed by atoms with Gasteiger partial charge in [0.1, 0.15) is 18.4 Å². The predicted octanol–water partition coefficient (Wildman–Crippen LogP) is 1.05. The van der Waals surface area contributed by atoms with Gasteiger partial charge in [0.05, 0.1) is 0 Å². The predicted molar refractivity (Wildman–Crippen MR) is 68.6 cm³/mol. The first-order chi connectivity index (χ1) is 8.63. The molecule has 0 radical (unpaired) electrons. The first kappa shape index (κ1) is 12.7. The van der Waals surface area contributed by atoms with E-state index in [2.05, 4.69) is 10.2 Å². The van der Waals surface area contributed by atoms with E-state index >= 15 is 0 Å². The number of nitrogens with one attached hydrogen (secondary N) is 1. The Labute approximate surface area is 106 Å². The largest absolute Gasteiger partial charge is 0.508 e. The summed E-state index contributed by atoms with van der Waals surface area (Å²) in [5.74, 6) is -0.0412. The van der Waals surface area contributed by atoms with Crippen LogP contribution in [-0.4, -0.2) is 48.8 Å². The second kappa shape index (κ2) is 5.73. The Hall–Kier alpha value is -1.75. The van der Waals surface area contributed by atoms with Crippen LogP contribution in [-0.2, 0) is 9.53 Å². The summed E-state index contributed by atoms with van der Waals surface area (Å²) in [6.07, 6.45) is 0.922. The molecule has 0 saturated carbocycles. The zero-order valence-corrected chi connectivity index (χ0v) is 10.4. The van der Waals surface area contributed by atoms with Crippen molar-refractivity contribution in [2.75, 3.05) is 32.0 Å². The molecule has 5 nitrogen and oxygen atoms in total. The van der Waals surface area contributed by atoms with Crippen molar-refractivity contribution in [3.63, 3.8) is 0 Å². The minimum absolute atomic E-state index is 0.0177. The molecule has 0 amide bonds. The van der Waals surface area contributed by atoms with Gasteiger partial charge in [0.25, 0.3) is 0 Å². The van der Waals surface area contributed by atoms with Gasteiger partial charge in [0, 0.05) is 18.8 Å². The first-order valence-electron chi connectivity index (χ1n) is 6.04. The van der Waals surface area contributed by atoms with E-state index in [4.69, 9.17) is 9.84 Å². The smallest absolute Gasteiger partial charge is 0.325 e. The quantitative estimate of drug-likeness (QED) is 0.618. The fraction of sp³-hybridized carbons (Fsp3) is 0.462. The van der Waals surface area contributed by atoms with Crippen LogP contribution in [0.5, 0.6) is 5.75 Å². The van der Waals surface area contributed by atoms with Crippen LogP contribution in [0.3, 0.4) is 0 Å². The lowest BCUT2D eigenvalue weighted by molar-refractivity contribution is -0.146. The van der Waals surface area contributed by atoms with Gasteiger partial charge in [-0.05, 0) is 37.7 Å². The van der Waals surface area contributed by atoms with Gasteiger partial charge < -0.3 is 20.1 Å². The van der Waals surface area contributed by atoms with Crippen LogP contribution in [0.4, 0.5) is 5.69 Å². The molecular weight excluding hydrogens is 232 g/mol. The Morgan fingerprint density at radius 3 is 2.83 bits per heavy atom. The second-order valence-electron chi connectivity index (χ2n) is 4.56. The molecule has 1 aliphatic rings. The van der Waals surface area contributed by atoms with E-state index in [-0.39, 0.29) is 24.4 Å². The third-order valence-electron chi connectivity index (χ3n) is 2.95. The van der Waals surface area contributed by atoms with Crippen molar-refractivity contribution in [2.24, 2.45) is 0 Å². The summed E-state index contributed by atoms with van der Waals surface area (Å²) in [4.78, 5) is 13.7. The topological polar surface area (TPSA) is 61.8 Å². The SMILES string of the molecule is CN1CCC(OC(=O)CNc2ccc(O)cc2)C1. The maximum Gasteiger partial charge on any atom is 0.325 e. The normalized spacial score (nSPS) is 19.7. The lowest BCUT2D eigenvalue weighted by atomic mass is 10.3. The number of carbonyl (C=O) groups is 1. The third-order valence-corrected chi connectivity index (χ3v) is 2.95. The van der Waals surface area contributed by atoms with E-state index in [0.29, 0.717) is 0 Å². The van der Waals surface area contributed by atoms with Gasteiger partial charge in [-0.3, -0.25) is 4.79 Å². The Morgan fingerprint density at radius 1 is 1.50 bits per heavy atom. The Bertz CT molecular complexity index is 405. The fourth-order valence-electron chi connectivity index (χ4n) is 1.97. The fourth-order valence-corrected chi connectivity index (χ4v) is 1.97. The van der Waals surface area contributed by atoms with E-state index in [1.807, 2.05) is 7.05 Å². The van der Waals surface area contributed by atoms with Crippen LogP contribution in [0.15, 0.2) is 24.3 Å². The average molecular weight is 250 g/mol. The van der Waals surface area contributed by atoms with E-state index in [0.717, 1.165) is 25.2 Å². The Balaban J connectivity index is 1.73. The number of phenolic OH excluding ortho intramolecular Hbond substituents is 1. The number of carbonyl (C=O) groups excluding carboxylic acids is 1. The molecule has 1 aliphatic heterocycles. The summed E-state index contributed by atoms with van der Waals surface area (Å²) in [5, 5.41) is 12.1. The number of hydrogen-bond donors (Lipinski definition) is 2. The second-order valence-corrected chi connectivity index (χ2v) is 4.56. The molecule has 0 aromatic heterocycles. The molecule has 1 aromatic carbocycles. The minimum atomic E-state index is -0.247. The van der Waals surface area contributed by atoms with Crippen molar-refractivity contribution in [3.8, 4) is 5.75 Å². The number of nitrogens with zero attached hydrogens (tertiary/aromatic N) is 1. The number of aromatic hydroxyl groups is 1. The molecule has 0 aliphatic carbocycles. The van der Waals surface area contributed by atoms with Gasteiger partial charge in [0.2, 0.25) is 0 Å². The van der Waals surface area contributed by atoms with Crippen LogP contribution in [0.2, 0.25) is 0 Å². The van der Waals surface area contributed by atoms with Crippen LogP contribution in [0.1, 0.15) is 6.42 Å². The third kappa shape index (κ3) is 3.63. The maximum atomic E-state index is 11.6.